The topological polar surface area (TPSA) is 132 Å². The predicted molar refractivity (Wildman–Crippen MR) is 145 cm³/mol. The number of halogens is 1. The van der Waals surface area contributed by atoms with E-state index >= 15 is 0 Å². The highest BCUT2D eigenvalue weighted by Gasteiger charge is 2.27. The molecular formula is C25H40IN3O6. The van der Waals surface area contributed by atoms with Crippen LogP contribution in [0.4, 0.5) is 11.4 Å². The molecule has 0 saturated carbocycles. The summed E-state index contributed by atoms with van der Waals surface area (Å²) in [5.41, 5.74) is -1.45. The number of carbonyl (C=O) groups excluding carboxylic acids is 1. The Kier molecular flexibility index (Phi) is 17.1. The molecule has 9 nitrogen and oxygen atoms in total. The van der Waals surface area contributed by atoms with Crippen LogP contribution >= 0.6 is 21.2 Å². The number of nitrogens with zero attached hydrogens (tertiary/aromatic N) is 2. The highest BCUT2D eigenvalue weighted by Crippen LogP contribution is 2.32. The fourth-order valence-electron chi connectivity index (χ4n) is 4.05. The van der Waals surface area contributed by atoms with Gasteiger partial charge in [0, 0.05) is 12.6 Å². The zero-order chi connectivity index (χ0) is 25.9. The number of amides is 1. The van der Waals surface area contributed by atoms with Gasteiger partial charge in [0.05, 0.1) is 21.5 Å². The van der Waals surface area contributed by atoms with Gasteiger partial charge in [-0.1, -0.05) is 103 Å². The van der Waals surface area contributed by atoms with Crippen molar-refractivity contribution in [3.8, 4) is 0 Å². The average Bonchev–Trinajstić information content (AvgIpc) is 2.84. The molecule has 0 spiro atoms. The van der Waals surface area contributed by atoms with Gasteiger partial charge in [-0.2, -0.15) is 0 Å². The molecule has 0 aliphatic rings. The summed E-state index contributed by atoms with van der Waals surface area (Å²) in [6.45, 7) is 2.61. The fourth-order valence-corrected chi connectivity index (χ4v) is 5.27. The number of carbonyl (C=O) groups is 1. The van der Waals surface area contributed by atoms with Crippen molar-refractivity contribution in [2.45, 2.75) is 110 Å². The lowest BCUT2D eigenvalue weighted by molar-refractivity contribution is -0.394. The van der Waals surface area contributed by atoms with Gasteiger partial charge in [-0.25, -0.2) is 0 Å². The van der Waals surface area contributed by atoms with E-state index in [1.165, 1.54) is 77.0 Å². The number of nitrogens with one attached hydrogen (secondary N) is 1. The van der Waals surface area contributed by atoms with E-state index in [4.69, 9.17) is 0 Å². The Morgan fingerprint density at radius 2 is 1.23 bits per heavy atom. The number of unbranched alkanes of at least 4 members (excludes halogenated alkanes) is 15. The van der Waals surface area contributed by atoms with E-state index in [1.807, 2.05) is 0 Å². The Morgan fingerprint density at radius 1 is 0.771 bits per heavy atom. The van der Waals surface area contributed by atoms with Crippen LogP contribution in [-0.2, 0) is 3.07 Å². The number of nitro benzene ring substituents is 2. The molecule has 1 N–H and O–H groups in total. The summed E-state index contributed by atoms with van der Waals surface area (Å²) in [5, 5.41) is 24.9. The maximum Gasteiger partial charge on any atom is 0.293 e. The molecule has 1 amide bonds. The standard InChI is InChI=1S/C25H40IN3O6/c1-2-3-4-5-6-7-8-9-10-11-12-13-14-15-16-17-18-27-25(30)22-19-21(28(32)33)20-23(29(34)35)24(22)26-31/h19-20H,2-18H2,1H3,(H,27,30). The lowest BCUT2D eigenvalue weighted by Gasteiger charge is -2.07. The molecule has 10 heteroatoms. The van der Waals surface area contributed by atoms with E-state index in [0.29, 0.717) is 6.54 Å². The minimum absolute atomic E-state index is 0.219. The predicted octanol–water partition coefficient (Wildman–Crippen LogP) is 7.98. The summed E-state index contributed by atoms with van der Waals surface area (Å²) < 4.78 is 11.3. The Labute approximate surface area is 218 Å². The van der Waals surface area contributed by atoms with Gasteiger partial charge in [0.1, 0.15) is 3.57 Å². The van der Waals surface area contributed by atoms with Crippen molar-refractivity contribution in [3.63, 3.8) is 0 Å². The summed E-state index contributed by atoms with van der Waals surface area (Å²) >= 11 is -2.05. The fraction of sp³-hybridized carbons (Fsp3) is 0.720. The van der Waals surface area contributed by atoms with Crippen LogP contribution in [0.1, 0.15) is 120 Å². The first-order valence-electron chi connectivity index (χ1n) is 12.9. The van der Waals surface area contributed by atoms with Crippen molar-refractivity contribution in [2.24, 2.45) is 0 Å². The van der Waals surface area contributed by atoms with Gasteiger partial charge in [-0.3, -0.25) is 28.1 Å². The van der Waals surface area contributed by atoms with Crippen molar-refractivity contribution in [1.82, 2.24) is 5.32 Å². The van der Waals surface area contributed by atoms with Crippen LogP contribution in [-0.4, -0.2) is 22.3 Å². The Balaban J connectivity index is 2.17. The van der Waals surface area contributed by atoms with E-state index in [1.54, 1.807) is 0 Å². The monoisotopic (exact) mass is 605 g/mol. The molecular weight excluding hydrogens is 565 g/mol. The molecule has 0 aromatic heterocycles. The zero-order valence-corrected chi connectivity index (χ0v) is 23.1. The second-order valence-corrected chi connectivity index (χ2v) is 10.5. The van der Waals surface area contributed by atoms with Crippen molar-refractivity contribution >= 4 is 38.5 Å². The van der Waals surface area contributed by atoms with Crippen molar-refractivity contribution in [3.05, 3.63) is 41.5 Å². The van der Waals surface area contributed by atoms with Crippen molar-refractivity contribution < 1.29 is 17.7 Å². The Bertz CT molecular complexity index is 819. The molecule has 0 bridgehead atoms. The van der Waals surface area contributed by atoms with Crippen LogP contribution in [0.3, 0.4) is 0 Å². The van der Waals surface area contributed by atoms with Gasteiger partial charge < -0.3 is 5.32 Å². The first-order valence-corrected chi connectivity index (χ1v) is 14.9. The van der Waals surface area contributed by atoms with Crippen LogP contribution < -0.4 is 5.32 Å². The quantitative estimate of drug-likeness (QED) is 0.0654. The van der Waals surface area contributed by atoms with E-state index < -0.39 is 48.3 Å². The van der Waals surface area contributed by atoms with Gasteiger partial charge >= 0.3 is 0 Å². The summed E-state index contributed by atoms with van der Waals surface area (Å²) in [6, 6.07) is 1.71. The molecule has 0 aliphatic carbocycles. The summed E-state index contributed by atoms with van der Waals surface area (Å²) in [7, 11) is 0. The second-order valence-electron chi connectivity index (χ2n) is 8.98. The van der Waals surface area contributed by atoms with E-state index in [2.05, 4.69) is 12.2 Å². The minimum Gasteiger partial charge on any atom is -0.352 e. The van der Waals surface area contributed by atoms with Crippen LogP contribution in [0, 0.1) is 23.8 Å². The molecule has 0 atom stereocenters. The minimum atomic E-state index is -2.05. The number of benzene rings is 1. The third-order valence-corrected chi connectivity index (χ3v) is 7.66. The van der Waals surface area contributed by atoms with Crippen molar-refractivity contribution in [2.75, 3.05) is 6.54 Å². The summed E-state index contributed by atoms with van der Waals surface area (Å²) in [6.07, 6.45) is 19.9. The van der Waals surface area contributed by atoms with E-state index in [-0.39, 0.29) is 9.13 Å². The highest BCUT2D eigenvalue weighted by atomic mass is 127. The number of nitro groups is 2. The Morgan fingerprint density at radius 3 is 1.63 bits per heavy atom. The van der Waals surface area contributed by atoms with Gasteiger partial charge in [0.2, 0.25) is 0 Å². The number of rotatable bonds is 21. The normalized spacial score (nSPS) is 10.9. The molecule has 35 heavy (non-hydrogen) atoms. The second kappa shape index (κ2) is 19.2. The maximum absolute atomic E-state index is 12.5. The van der Waals surface area contributed by atoms with Gasteiger partial charge in [-0.15, -0.1) is 0 Å². The van der Waals surface area contributed by atoms with Gasteiger partial charge in [0.15, 0.2) is 21.2 Å². The van der Waals surface area contributed by atoms with Crippen LogP contribution in [0.15, 0.2) is 12.1 Å². The molecule has 0 saturated heterocycles. The first kappa shape index (κ1) is 31.1. The molecule has 1 rings (SSSR count). The molecule has 1 aromatic carbocycles. The lowest BCUT2D eigenvalue weighted by atomic mass is 10.0. The molecule has 0 fully saturated rings. The van der Waals surface area contributed by atoms with E-state index in [0.717, 1.165) is 37.8 Å². The van der Waals surface area contributed by atoms with Crippen LogP contribution in [0.25, 0.3) is 0 Å². The van der Waals surface area contributed by atoms with Crippen molar-refractivity contribution in [1.29, 1.82) is 0 Å². The largest absolute Gasteiger partial charge is 0.352 e. The average molecular weight is 606 g/mol. The Hall–Kier alpha value is -1.98. The first-order chi connectivity index (χ1) is 16.9. The number of hydrogen-bond acceptors (Lipinski definition) is 6. The number of non-ortho nitro benzene ring substituents is 1. The lowest BCUT2D eigenvalue weighted by Crippen LogP contribution is -2.25. The zero-order valence-electron chi connectivity index (χ0n) is 20.9. The van der Waals surface area contributed by atoms with E-state index in [9.17, 15) is 28.1 Å². The molecule has 0 heterocycles. The molecule has 0 radical (unpaired) electrons. The third-order valence-electron chi connectivity index (χ3n) is 6.08. The van der Waals surface area contributed by atoms with Crippen LogP contribution in [0.2, 0.25) is 0 Å². The molecule has 1 aromatic rings. The van der Waals surface area contributed by atoms with Gasteiger partial charge in [0.25, 0.3) is 17.3 Å². The summed E-state index contributed by atoms with van der Waals surface area (Å²) in [4.78, 5) is 33.1. The molecule has 198 valence electrons. The third kappa shape index (κ3) is 13.1. The SMILES string of the molecule is CCCCCCCCCCCCCCCCCCNC(=O)c1cc([N+](=O)[O-])cc([N+](=O)[O-])c1I=O. The molecule has 0 unspecified atom stereocenters. The van der Waals surface area contributed by atoms with Gasteiger partial charge in [-0.05, 0) is 6.42 Å². The number of hydrogen-bond donors (Lipinski definition) is 1. The highest BCUT2D eigenvalue weighted by molar-refractivity contribution is 14.1. The summed E-state index contributed by atoms with van der Waals surface area (Å²) in [5.74, 6) is -0.664. The maximum atomic E-state index is 12.5. The van der Waals surface area contributed by atoms with Crippen LogP contribution in [0.5, 0.6) is 0 Å². The smallest absolute Gasteiger partial charge is 0.293 e. The molecule has 0 aliphatic heterocycles.